The molecule has 4 nitrogen and oxygen atoms in total. The molecular formula is C17H27N3OS. The molecule has 0 aliphatic rings. The van der Waals surface area contributed by atoms with Gasteiger partial charge in [-0.25, -0.2) is 0 Å². The summed E-state index contributed by atoms with van der Waals surface area (Å²) < 4.78 is 0. The van der Waals surface area contributed by atoms with Gasteiger partial charge in [0, 0.05) is 12.1 Å². The Labute approximate surface area is 139 Å². The highest BCUT2D eigenvalue weighted by Crippen LogP contribution is 2.11. The van der Waals surface area contributed by atoms with Gasteiger partial charge in [0.05, 0.1) is 0 Å². The zero-order valence-corrected chi connectivity index (χ0v) is 14.6. The van der Waals surface area contributed by atoms with Crippen LogP contribution in [0.3, 0.4) is 0 Å². The highest BCUT2D eigenvalue weighted by molar-refractivity contribution is 7.80. The van der Waals surface area contributed by atoms with Crippen molar-refractivity contribution in [3.05, 3.63) is 35.4 Å². The molecule has 0 fully saturated rings. The van der Waals surface area contributed by atoms with E-state index >= 15 is 0 Å². The largest absolute Gasteiger partial charge is 0.361 e. The molecule has 5 heteroatoms. The first-order valence-corrected chi connectivity index (χ1v) is 8.39. The molecule has 1 aromatic carbocycles. The number of carbonyl (C=O) groups excluding carboxylic acids is 1. The van der Waals surface area contributed by atoms with Gasteiger partial charge in [-0.1, -0.05) is 51.3 Å². The van der Waals surface area contributed by atoms with Gasteiger partial charge in [-0.05, 0) is 43.1 Å². The van der Waals surface area contributed by atoms with E-state index in [1.807, 2.05) is 25.1 Å². The van der Waals surface area contributed by atoms with Crippen LogP contribution in [0.2, 0.25) is 0 Å². The Morgan fingerprint density at radius 3 is 2.59 bits per heavy atom. The number of hydrazine groups is 1. The van der Waals surface area contributed by atoms with Crippen molar-refractivity contribution in [3.63, 3.8) is 0 Å². The topological polar surface area (TPSA) is 53.2 Å². The maximum Gasteiger partial charge on any atom is 0.269 e. The van der Waals surface area contributed by atoms with Gasteiger partial charge in [0.25, 0.3) is 5.91 Å². The van der Waals surface area contributed by atoms with Crippen LogP contribution in [0.4, 0.5) is 0 Å². The van der Waals surface area contributed by atoms with Crippen LogP contribution in [0.15, 0.2) is 24.3 Å². The van der Waals surface area contributed by atoms with Crippen LogP contribution in [-0.4, -0.2) is 17.6 Å². The summed E-state index contributed by atoms with van der Waals surface area (Å²) in [6.07, 6.45) is 4.79. The first kappa shape index (κ1) is 18.4. The Morgan fingerprint density at radius 2 is 1.95 bits per heavy atom. The Balaban J connectivity index is 2.34. The average Bonchev–Trinajstić information content (AvgIpc) is 2.53. The zero-order chi connectivity index (χ0) is 16.4. The highest BCUT2D eigenvalue weighted by atomic mass is 32.1. The number of benzene rings is 1. The Hall–Kier alpha value is -1.62. The van der Waals surface area contributed by atoms with Crippen molar-refractivity contribution in [2.45, 2.75) is 46.5 Å². The first-order chi connectivity index (χ1) is 10.6. The molecule has 3 N–H and O–H groups in total. The summed E-state index contributed by atoms with van der Waals surface area (Å²) in [5.41, 5.74) is 6.98. The molecule has 0 aromatic heterocycles. The number of hydrogen-bond acceptors (Lipinski definition) is 2. The van der Waals surface area contributed by atoms with Gasteiger partial charge < -0.3 is 5.32 Å². The van der Waals surface area contributed by atoms with E-state index in [-0.39, 0.29) is 5.91 Å². The summed E-state index contributed by atoms with van der Waals surface area (Å²) in [6, 6.07) is 7.46. The minimum absolute atomic E-state index is 0.180. The molecule has 1 amide bonds. The maximum absolute atomic E-state index is 12.0. The van der Waals surface area contributed by atoms with Crippen LogP contribution < -0.4 is 16.2 Å². The number of thiocarbonyl (C=S) groups is 1. The second-order valence-electron chi connectivity index (χ2n) is 5.52. The smallest absolute Gasteiger partial charge is 0.269 e. The molecule has 1 rings (SSSR count). The van der Waals surface area contributed by atoms with E-state index in [2.05, 4.69) is 30.0 Å². The Kier molecular flexibility index (Phi) is 8.51. The van der Waals surface area contributed by atoms with Crippen LogP contribution >= 0.6 is 12.2 Å². The number of aryl methyl sites for hydroxylation is 1. The van der Waals surface area contributed by atoms with Gasteiger partial charge in [-0.15, -0.1) is 0 Å². The van der Waals surface area contributed by atoms with Crippen molar-refractivity contribution in [1.29, 1.82) is 0 Å². The van der Waals surface area contributed by atoms with Gasteiger partial charge >= 0.3 is 0 Å². The van der Waals surface area contributed by atoms with Gasteiger partial charge in [0.15, 0.2) is 5.11 Å². The van der Waals surface area contributed by atoms with E-state index in [1.54, 1.807) is 6.07 Å². The van der Waals surface area contributed by atoms with Gasteiger partial charge in [-0.3, -0.25) is 15.6 Å². The fraction of sp³-hybridized carbons (Fsp3) is 0.529. The number of hydrogen-bond donors (Lipinski definition) is 3. The summed E-state index contributed by atoms with van der Waals surface area (Å²) in [6.45, 7) is 7.14. The fourth-order valence-electron chi connectivity index (χ4n) is 2.23. The molecule has 122 valence electrons. The van der Waals surface area contributed by atoms with Gasteiger partial charge in [0.1, 0.15) is 0 Å². The summed E-state index contributed by atoms with van der Waals surface area (Å²) >= 11 is 5.20. The first-order valence-electron chi connectivity index (χ1n) is 7.98. The molecule has 0 saturated carbocycles. The van der Waals surface area contributed by atoms with E-state index in [0.717, 1.165) is 18.5 Å². The van der Waals surface area contributed by atoms with E-state index in [1.165, 1.54) is 19.3 Å². The van der Waals surface area contributed by atoms with Crippen molar-refractivity contribution in [2.75, 3.05) is 6.54 Å². The SMILES string of the molecule is CCCC[C@H](CC)CNC(=S)NNC(=O)c1ccccc1C. The Morgan fingerprint density at radius 1 is 1.23 bits per heavy atom. The predicted molar refractivity (Wildman–Crippen MR) is 95.7 cm³/mol. The molecule has 0 heterocycles. The molecule has 0 spiro atoms. The molecule has 1 aromatic rings. The lowest BCUT2D eigenvalue weighted by Gasteiger charge is -2.17. The predicted octanol–water partition coefficient (Wildman–Crippen LogP) is 3.32. The summed E-state index contributed by atoms with van der Waals surface area (Å²) in [5.74, 6) is 0.437. The van der Waals surface area contributed by atoms with Crippen molar-refractivity contribution in [2.24, 2.45) is 5.92 Å². The summed E-state index contributed by atoms with van der Waals surface area (Å²) in [7, 11) is 0. The lowest BCUT2D eigenvalue weighted by Crippen LogP contribution is -2.47. The lowest BCUT2D eigenvalue weighted by atomic mass is 9.99. The minimum atomic E-state index is -0.180. The van der Waals surface area contributed by atoms with E-state index in [0.29, 0.717) is 16.6 Å². The minimum Gasteiger partial charge on any atom is -0.361 e. The quantitative estimate of drug-likeness (QED) is 0.533. The maximum atomic E-state index is 12.0. The second-order valence-corrected chi connectivity index (χ2v) is 5.93. The average molecular weight is 321 g/mol. The molecular weight excluding hydrogens is 294 g/mol. The van der Waals surface area contributed by atoms with Crippen LogP contribution in [0.1, 0.15) is 55.5 Å². The monoisotopic (exact) mass is 321 g/mol. The van der Waals surface area contributed by atoms with E-state index < -0.39 is 0 Å². The molecule has 1 atom stereocenters. The van der Waals surface area contributed by atoms with Crippen molar-refractivity contribution in [3.8, 4) is 0 Å². The number of nitrogens with one attached hydrogen (secondary N) is 3. The lowest BCUT2D eigenvalue weighted by molar-refractivity contribution is 0.0943. The van der Waals surface area contributed by atoms with E-state index in [9.17, 15) is 4.79 Å². The molecule has 0 radical (unpaired) electrons. The number of rotatable bonds is 7. The molecule has 0 aliphatic carbocycles. The fourth-order valence-corrected chi connectivity index (χ4v) is 2.37. The third-order valence-corrected chi connectivity index (χ3v) is 4.02. The molecule has 0 aliphatic heterocycles. The molecule has 0 saturated heterocycles. The zero-order valence-electron chi connectivity index (χ0n) is 13.7. The van der Waals surface area contributed by atoms with Crippen LogP contribution in [0.25, 0.3) is 0 Å². The third kappa shape index (κ3) is 6.43. The van der Waals surface area contributed by atoms with Crippen LogP contribution in [0.5, 0.6) is 0 Å². The normalized spacial score (nSPS) is 11.6. The van der Waals surface area contributed by atoms with Gasteiger partial charge in [-0.2, -0.15) is 0 Å². The van der Waals surface area contributed by atoms with Crippen molar-refractivity contribution >= 4 is 23.2 Å². The number of carbonyl (C=O) groups is 1. The standard InChI is InChI=1S/C17H27N3OS/c1-4-6-10-14(5-2)12-18-17(22)20-19-16(21)15-11-8-7-9-13(15)3/h7-9,11,14H,4-6,10,12H2,1-3H3,(H,19,21)(H2,18,20,22)/t14-/m0/s1. The summed E-state index contributed by atoms with van der Waals surface area (Å²) in [4.78, 5) is 12.0. The van der Waals surface area contributed by atoms with Crippen LogP contribution in [0, 0.1) is 12.8 Å². The van der Waals surface area contributed by atoms with Gasteiger partial charge in [0.2, 0.25) is 0 Å². The summed E-state index contributed by atoms with van der Waals surface area (Å²) in [5, 5.41) is 3.63. The van der Waals surface area contributed by atoms with Crippen molar-refractivity contribution in [1.82, 2.24) is 16.2 Å². The molecule has 0 unspecified atom stereocenters. The van der Waals surface area contributed by atoms with Crippen LogP contribution in [-0.2, 0) is 0 Å². The molecule has 22 heavy (non-hydrogen) atoms. The Bertz CT molecular complexity index is 491. The van der Waals surface area contributed by atoms with E-state index in [4.69, 9.17) is 12.2 Å². The number of amides is 1. The van der Waals surface area contributed by atoms with Crippen molar-refractivity contribution < 1.29 is 4.79 Å². The number of unbranched alkanes of at least 4 members (excludes halogenated alkanes) is 1. The molecule has 0 bridgehead atoms. The second kappa shape index (κ2) is 10.2. The third-order valence-electron chi connectivity index (χ3n) is 3.77. The highest BCUT2D eigenvalue weighted by Gasteiger charge is 2.09.